The third kappa shape index (κ3) is 1.81. The van der Waals surface area contributed by atoms with Crippen LogP contribution in [0.4, 0.5) is 0 Å². The summed E-state index contributed by atoms with van der Waals surface area (Å²) in [6.07, 6.45) is 2.50. The lowest BCUT2D eigenvalue weighted by Crippen LogP contribution is -2.22. The Bertz CT molecular complexity index is 283. The molecule has 0 aliphatic carbocycles. The first-order chi connectivity index (χ1) is 6.38. The Kier molecular flexibility index (Phi) is 2.46. The van der Waals surface area contributed by atoms with E-state index in [0.29, 0.717) is 6.04 Å². The van der Waals surface area contributed by atoms with Crippen molar-refractivity contribution in [2.24, 2.45) is 0 Å². The minimum absolute atomic E-state index is 0.502. The summed E-state index contributed by atoms with van der Waals surface area (Å²) in [5, 5.41) is 3.46. The maximum Gasteiger partial charge on any atom is 0.0320 e. The molecule has 0 unspecified atom stereocenters. The summed E-state index contributed by atoms with van der Waals surface area (Å²) in [5.41, 5.74) is 2.50. The smallest absolute Gasteiger partial charge is 0.0320 e. The summed E-state index contributed by atoms with van der Waals surface area (Å²) in [5.74, 6) is 0. The molecule has 0 bridgehead atoms. The maximum absolute atomic E-state index is 4.14. The summed E-state index contributed by atoms with van der Waals surface area (Å²) >= 11 is 0. The molecular weight excluding hydrogens is 158 g/mol. The lowest BCUT2D eigenvalue weighted by Gasteiger charge is -2.13. The molecule has 2 rings (SSSR count). The molecule has 0 radical (unpaired) electrons. The van der Waals surface area contributed by atoms with E-state index in [1.165, 1.54) is 24.0 Å². The fourth-order valence-corrected chi connectivity index (χ4v) is 1.84. The van der Waals surface area contributed by atoms with Gasteiger partial charge in [-0.25, -0.2) is 0 Å². The Morgan fingerprint density at radius 1 is 1.31 bits per heavy atom. The van der Waals surface area contributed by atoms with Gasteiger partial charge >= 0.3 is 0 Å². The van der Waals surface area contributed by atoms with Gasteiger partial charge in [-0.15, -0.1) is 0 Å². The van der Waals surface area contributed by atoms with Crippen LogP contribution in [0, 0.1) is 0 Å². The third-order valence-corrected chi connectivity index (χ3v) is 2.63. The predicted molar refractivity (Wildman–Crippen MR) is 56.5 cm³/mol. The van der Waals surface area contributed by atoms with Crippen LogP contribution in [0.1, 0.15) is 18.4 Å². The van der Waals surface area contributed by atoms with Gasteiger partial charge in [0.2, 0.25) is 0 Å². The maximum atomic E-state index is 4.14. The standard InChI is InChI=1S/C12H15N/c1-10(12-8-5-9-13-12)11-6-3-2-4-7-11/h2-4,6-7,12-13H,1,5,8-9H2/t12-/m0/s1. The van der Waals surface area contributed by atoms with E-state index < -0.39 is 0 Å². The first-order valence-corrected chi connectivity index (χ1v) is 4.85. The lowest BCUT2D eigenvalue weighted by atomic mass is 9.99. The van der Waals surface area contributed by atoms with Gasteiger partial charge in [0.05, 0.1) is 0 Å². The number of nitrogens with one attached hydrogen (secondary N) is 1. The van der Waals surface area contributed by atoms with Gasteiger partial charge in [-0.05, 0) is 30.5 Å². The predicted octanol–water partition coefficient (Wildman–Crippen LogP) is 2.45. The zero-order valence-electron chi connectivity index (χ0n) is 7.79. The highest BCUT2D eigenvalue weighted by Gasteiger charge is 2.17. The van der Waals surface area contributed by atoms with Crippen molar-refractivity contribution >= 4 is 5.57 Å². The summed E-state index contributed by atoms with van der Waals surface area (Å²) in [6.45, 7) is 5.28. The minimum Gasteiger partial charge on any atom is -0.310 e. The van der Waals surface area contributed by atoms with E-state index in [1.54, 1.807) is 0 Å². The van der Waals surface area contributed by atoms with Crippen molar-refractivity contribution in [1.82, 2.24) is 5.32 Å². The molecule has 1 saturated heterocycles. The normalized spacial score (nSPS) is 21.7. The molecule has 1 aliphatic heterocycles. The van der Waals surface area contributed by atoms with Crippen molar-refractivity contribution in [1.29, 1.82) is 0 Å². The molecule has 1 atom stereocenters. The Labute approximate surface area is 79.5 Å². The van der Waals surface area contributed by atoms with Gasteiger partial charge in [0.1, 0.15) is 0 Å². The van der Waals surface area contributed by atoms with E-state index in [0.717, 1.165) is 6.54 Å². The lowest BCUT2D eigenvalue weighted by molar-refractivity contribution is 0.745. The molecule has 0 aromatic heterocycles. The molecule has 0 amide bonds. The molecule has 0 spiro atoms. The van der Waals surface area contributed by atoms with Gasteiger partial charge in [0.25, 0.3) is 0 Å². The number of hydrogen-bond acceptors (Lipinski definition) is 1. The second-order valence-corrected chi connectivity index (χ2v) is 3.54. The van der Waals surface area contributed by atoms with E-state index in [1.807, 2.05) is 6.07 Å². The molecule has 1 heterocycles. The van der Waals surface area contributed by atoms with Gasteiger partial charge in [0, 0.05) is 6.04 Å². The van der Waals surface area contributed by atoms with Crippen molar-refractivity contribution in [3.05, 3.63) is 42.5 Å². The van der Waals surface area contributed by atoms with E-state index in [4.69, 9.17) is 0 Å². The summed E-state index contributed by atoms with van der Waals surface area (Å²) in [6, 6.07) is 10.9. The largest absolute Gasteiger partial charge is 0.310 e. The van der Waals surface area contributed by atoms with E-state index in [-0.39, 0.29) is 0 Å². The zero-order chi connectivity index (χ0) is 9.10. The third-order valence-electron chi connectivity index (χ3n) is 2.63. The average molecular weight is 173 g/mol. The van der Waals surface area contributed by atoms with Crippen molar-refractivity contribution < 1.29 is 0 Å². The molecular formula is C12H15N. The molecule has 1 nitrogen and oxygen atoms in total. The SMILES string of the molecule is C=C(c1ccccc1)[C@@H]1CCCN1. The second kappa shape index (κ2) is 3.75. The van der Waals surface area contributed by atoms with Crippen LogP contribution in [0.2, 0.25) is 0 Å². The molecule has 1 fully saturated rings. The molecule has 13 heavy (non-hydrogen) atoms. The van der Waals surface area contributed by atoms with Crippen LogP contribution in [0.25, 0.3) is 5.57 Å². The first-order valence-electron chi connectivity index (χ1n) is 4.85. The summed E-state index contributed by atoms with van der Waals surface area (Å²) in [7, 11) is 0. The molecule has 68 valence electrons. The zero-order valence-corrected chi connectivity index (χ0v) is 7.79. The van der Waals surface area contributed by atoms with Crippen molar-refractivity contribution in [3.8, 4) is 0 Å². The molecule has 0 saturated carbocycles. The molecule has 1 heteroatoms. The number of hydrogen-bond donors (Lipinski definition) is 1. The number of benzene rings is 1. The van der Waals surface area contributed by atoms with E-state index in [2.05, 4.69) is 36.2 Å². The second-order valence-electron chi connectivity index (χ2n) is 3.54. The van der Waals surface area contributed by atoms with Crippen LogP contribution in [0.5, 0.6) is 0 Å². The van der Waals surface area contributed by atoms with Crippen LogP contribution in [0.15, 0.2) is 36.9 Å². The fraction of sp³-hybridized carbons (Fsp3) is 0.333. The van der Waals surface area contributed by atoms with Gasteiger partial charge in [-0.2, -0.15) is 0 Å². The monoisotopic (exact) mass is 173 g/mol. The minimum atomic E-state index is 0.502. The highest BCUT2D eigenvalue weighted by atomic mass is 14.9. The summed E-state index contributed by atoms with van der Waals surface area (Å²) < 4.78 is 0. The molecule has 1 N–H and O–H groups in total. The van der Waals surface area contributed by atoms with E-state index >= 15 is 0 Å². The Balaban J connectivity index is 2.13. The van der Waals surface area contributed by atoms with Crippen LogP contribution in [-0.2, 0) is 0 Å². The molecule has 1 aromatic carbocycles. The van der Waals surface area contributed by atoms with Gasteiger partial charge < -0.3 is 5.32 Å². The van der Waals surface area contributed by atoms with Crippen LogP contribution >= 0.6 is 0 Å². The highest BCUT2D eigenvalue weighted by molar-refractivity contribution is 5.67. The molecule has 1 aromatic rings. The Hall–Kier alpha value is -1.08. The average Bonchev–Trinajstić information content (AvgIpc) is 2.71. The van der Waals surface area contributed by atoms with Crippen LogP contribution < -0.4 is 5.32 Å². The van der Waals surface area contributed by atoms with Gasteiger partial charge in [0.15, 0.2) is 0 Å². The topological polar surface area (TPSA) is 12.0 Å². The number of rotatable bonds is 2. The van der Waals surface area contributed by atoms with Gasteiger partial charge in [-0.3, -0.25) is 0 Å². The van der Waals surface area contributed by atoms with Crippen molar-refractivity contribution in [2.75, 3.05) is 6.54 Å². The van der Waals surface area contributed by atoms with E-state index in [9.17, 15) is 0 Å². The molecule has 1 aliphatic rings. The van der Waals surface area contributed by atoms with Crippen LogP contribution in [0.3, 0.4) is 0 Å². The fourth-order valence-electron chi connectivity index (χ4n) is 1.84. The highest BCUT2D eigenvalue weighted by Crippen LogP contribution is 2.21. The first kappa shape index (κ1) is 8.52. The quantitative estimate of drug-likeness (QED) is 0.724. The van der Waals surface area contributed by atoms with Gasteiger partial charge in [-0.1, -0.05) is 36.9 Å². The Morgan fingerprint density at radius 3 is 2.69 bits per heavy atom. The Morgan fingerprint density at radius 2 is 2.08 bits per heavy atom. The van der Waals surface area contributed by atoms with Crippen molar-refractivity contribution in [3.63, 3.8) is 0 Å². The van der Waals surface area contributed by atoms with Crippen molar-refractivity contribution in [2.45, 2.75) is 18.9 Å². The van der Waals surface area contributed by atoms with Crippen LogP contribution in [-0.4, -0.2) is 12.6 Å². The summed E-state index contributed by atoms with van der Waals surface area (Å²) in [4.78, 5) is 0.